The van der Waals surface area contributed by atoms with Crippen LogP contribution < -0.4 is 10.2 Å². The lowest BCUT2D eigenvalue weighted by Crippen LogP contribution is -2.33. The normalized spacial score (nSPS) is 20.6. The molecule has 1 aromatic heterocycles. The zero-order valence-electron chi connectivity index (χ0n) is 12.4. The number of anilines is 1. The molecule has 1 aliphatic rings. The van der Waals surface area contributed by atoms with Crippen LogP contribution in [0.15, 0.2) is 12.4 Å². The maximum atomic E-state index is 11.5. The molecule has 2 rings (SSSR count). The van der Waals surface area contributed by atoms with Gasteiger partial charge in [-0.3, -0.25) is 0 Å². The number of aromatic nitrogens is 2. The molecule has 1 fully saturated rings. The van der Waals surface area contributed by atoms with Gasteiger partial charge in [-0.15, -0.1) is 0 Å². The van der Waals surface area contributed by atoms with Crippen molar-refractivity contribution in [2.75, 3.05) is 43.7 Å². The maximum absolute atomic E-state index is 11.5. The fraction of sp³-hybridized carbons (Fsp3) is 0.692. The summed E-state index contributed by atoms with van der Waals surface area (Å²) in [6.07, 6.45) is 4.17. The molecule has 1 aliphatic heterocycles. The van der Waals surface area contributed by atoms with E-state index in [9.17, 15) is 8.42 Å². The number of ether oxygens (including phenoxy) is 1. The molecule has 0 spiro atoms. The Morgan fingerprint density at radius 1 is 1.43 bits per heavy atom. The van der Waals surface area contributed by atoms with Crippen molar-refractivity contribution in [3.05, 3.63) is 18.0 Å². The van der Waals surface area contributed by atoms with Gasteiger partial charge in [-0.1, -0.05) is 0 Å². The summed E-state index contributed by atoms with van der Waals surface area (Å²) in [7, 11) is 0.617. The third kappa shape index (κ3) is 4.62. The van der Waals surface area contributed by atoms with E-state index in [2.05, 4.69) is 15.3 Å². The first-order valence-electron chi connectivity index (χ1n) is 6.95. The predicted molar refractivity (Wildman–Crippen MR) is 81.1 cm³/mol. The SMILES string of the molecule is COCCNCc1cnc(N(C)C2CCS(=O)(=O)C2)nc1. The van der Waals surface area contributed by atoms with Gasteiger partial charge in [0.05, 0.1) is 18.1 Å². The van der Waals surface area contributed by atoms with Gasteiger partial charge >= 0.3 is 0 Å². The Kier molecular flexibility index (Phi) is 5.49. The van der Waals surface area contributed by atoms with Gasteiger partial charge in [-0.25, -0.2) is 18.4 Å². The van der Waals surface area contributed by atoms with Gasteiger partial charge < -0.3 is 15.0 Å². The summed E-state index contributed by atoms with van der Waals surface area (Å²) >= 11 is 0. The molecule has 8 heteroatoms. The largest absolute Gasteiger partial charge is 0.383 e. The zero-order chi connectivity index (χ0) is 15.3. The van der Waals surface area contributed by atoms with Crippen LogP contribution in [-0.2, 0) is 21.1 Å². The van der Waals surface area contributed by atoms with E-state index in [0.29, 0.717) is 25.5 Å². The highest BCUT2D eigenvalue weighted by Gasteiger charge is 2.31. The summed E-state index contributed by atoms with van der Waals surface area (Å²) in [5, 5.41) is 3.22. The van der Waals surface area contributed by atoms with Crippen LogP contribution in [0.1, 0.15) is 12.0 Å². The first-order chi connectivity index (χ1) is 10.0. The van der Waals surface area contributed by atoms with Crippen LogP contribution in [-0.4, -0.2) is 63.2 Å². The molecule has 0 saturated carbocycles. The molecule has 1 aromatic rings. The lowest BCUT2D eigenvalue weighted by molar-refractivity contribution is 0.199. The molecular weight excluding hydrogens is 292 g/mol. The molecule has 0 amide bonds. The Hall–Kier alpha value is -1.25. The minimum Gasteiger partial charge on any atom is -0.383 e. The molecule has 118 valence electrons. The van der Waals surface area contributed by atoms with Gasteiger partial charge in [0.15, 0.2) is 9.84 Å². The second-order valence-corrected chi connectivity index (χ2v) is 7.46. The van der Waals surface area contributed by atoms with E-state index in [1.165, 1.54) is 0 Å². The van der Waals surface area contributed by atoms with Gasteiger partial charge in [-0.2, -0.15) is 0 Å². The summed E-state index contributed by atoms with van der Waals surface area (Å²) in [5.41, 5.74) is 0.988. The number of hydrogen-bond donors (Lipinski definition) is 1. The van der Waals surface area contributed by atoms with E-state index in [-0.39, 0.29) is 17.5 Å². The standard InChI is InChI=1S/C13H22N4O3S/c1-17(12-3-6-21(18,19)10-12)13-15-8-11(9-16-13)7-14-4-5-20-2/h8-9,12,14H,3-7,10H2,1-2H3. The first kappa shape index (κ1) is 16.1. The quantitative estimate of drug-likeness (QED) is 0.700. The van der Waals surface area contributed by atoms with Crippen LogP contribution in [0.25, 0.3) is 0 Å². The van der Waals surface area contributed by atoms with Crippen molar-refractivity contribution >= 4 is 15.8 Å². The number of rotatable bonds is 7. The molecular formula is C13H22N4O3S. The summed E-state index contributed by atoms with van der Waals surface area (Å²) < 4.78 is 28.0. The van der Waals surface area contributed by atoms with Crippen LogP contribution >= 0.6 is 0 Å². The second-order valence-electron chi connectivity index (χ2n) is 5.23. The molecule has 0 radical (unpaired) electrons. The molecule has 21 heavy (non-hydrogen) atoms. The van der Waals surface area contributed by atoms with Gasteiger partial charge in [0.1, 0.15) is 0 Å². The number of methoxy groups -OCH3 is 1. The van der Waals surface area contributed by atoms with E-state index in [0.717, 1.165) is 12.1 Å². The number of sulfone groups is 1. The summed E-state index contributed by atoms with van der Waals surface area (Å²) in [6, 6.07) is -0.0272. The molecule has 1 saturated heterocycles. The Labute approximate surface area is 125 Å². The van der Waals surface area contributed by atoms with Crippen molar-refractivity contribution < 1.29 is 13.2 Å². The highest BCUT2D eigenvalue weighted by atomic mass is 32.2. The summed E-state index contributed by atoms with van der Waals surface area (Å²) in [4.78, 5) is 10.5. The highest BCUT2D eigenvalue weighted by molar-refractivity contribution is 7.91. The van der Waals surface area contributed by atoms with E-state index in [4.69, 9.17) is 4.74 Å². The molecule has 7 nitrogen and oxygen atoms in total. The molecule has 0 aromatic carbocycles. The average molecular weight is 314 g/mol. The van der Waals surface area contributed by atoms with Crippen molar-refractivity contribution in [1.82, 2.24) is 15.3 Å². The minimum atomic E-state index is -2.89. The summed E-state index contributed by atoms with van der Waals surface area (Å²) in [5.74, 6) is 1.01. The minimum absolute atomic E-state index is 0.0272. The second kappa shape index (κ2) is 7.15. The van der Waals surface area contributed by atoms with Gasteiger partial charge in [0.2, 0.25) is 5.95 Å². The number of hydrogen-bond acceptors (Lipinski definition) is 7. The van der Waals surface area contributed by atoms with Crippen LogP contribution in [0, 0.1) is 0 Å². The van der Waals surface area contributed by atoms with Gasteiger partial charge in [-0.05, 0) is 6.42 Å². The molecule has 2 heterocycles. The monoisotopic (exact) mass is 314 g/mol. The summed E-state index contributed by atoms with van der Waals surface area (Å²) in [6.45, 7) is 2.13. The van der Waals surface area contributed by atoms with E-state index >= 15 is 0 Å². The van der Waals surface area contributed by atoms with E-state index in [1.54, 1.807) is 19.5 Å². The Morgan fingerprint density at radius 3 is 2.71 bits per heavy atom. The fourth-order valence-corrected chi connectivity index (χ4v) is 4.05. The first-order valence-corrected chi connectivity index (χ1v) is 8.78. The third-order valence-electron chi connectivity index (χ3n) is 3.58. The Balaban J connectivity index is 1.89. The lowest BCUT2D eigenvalue weighted by Gasteiger charge is -2.23. The van der Waals surface area contributed by atoms with Gasteiger partial charge in [0, 0.05) is 51.2 Å². The van der Waals surface area contributed by atoms with Crippen LogP contribution in [0.3, 0.4) is 0 Å². The van der Waals surface area contributed by atoms with Crippen molar-refractivity contribution in [2.24, 2.45) is 0 Å². The topological polar surface area (TPSA) is 84.4 Å². The molecule has 0 aliphatic carbocycles. The number of nitrogens with one attached hydrogen (secondary N) is 1. The van der Waals surface area contributed by atoms with Crippen molar-refractivity contribution in [3.8, 4) is 0 Å². The third-order valence-corrected chi connectivity index (χ3v) is 5.33. The van der Waals surface area contributed by atoms with Crippen LogP contribution in [0.4, 0.5) is 5.95 Å². The average Bonchev–Trinajstić information content (AvgIpc) is 2.84. The van der Waals surface area contributed by atoms with Crippen molar-refractivity contribution in [1.29, 1.82) is 0 Å². The molecule has 1 N–H and O–H groups in total. The smallest absolute Gasteiger partial charge is 0.225 e. The molecule has 1 atom stereocenters. The van der Waals surface area contributed by atoms with Crippen molar-refractivity contribution in [2.45, 2.75) is 19.0 Å². The number of nitrogens with zero attached hydrogens (tertiary/aromatic N) is 3. The molecule has 0 bridgehead atoms. The van der Waals surface area contributed by atoms with Crippen LogP contribution in [0.2, 0.25) is 0 Å². The zero-order valence-corrected chi connectivity index (χ0v) is 13.3. The van der Waals surface area contributed by atoms with Crippen LogP contribution in [0.5, 0.6) is 0 Å². The van der Waals surface area contributed by atoms with E-state index in [1.807, 2.05) is 11.9 Å². The molecule has 1 unspecified atom stereocenters. The van der Waals surface area contributed by atoms with E-state index < -0.39 is 9.84 Å². The Bertz CT molecular complexity index is 547. The Morgan fingerprint density at radius 2 is 2.14 bits per heavy atom. The lowest BCUT2D eigenvalue weighted by atomic mass is 10.2. The van der Waals surface area contributed by atoms with Gasteiger partial charge in [0.25, 0.3) is 0 Å². The van der Waals surface area contributed by atoms with Crippen molar-refractivity contribution in [3.63, 3.8) is 0 Å². The predicted octanol–water partition coefficient (Wildman–Crippen LogP) is -0.164. The fourth-order valence-electron chi connectivity index (χ4n) is 2.27. The highest BCUT2D eigenvalue weighted by Crippen LogP contribution is 2.19. The maximum Gasteiger partial charge on any atom is 0.225 e.